The number of halogens is 2. The number of hydrogen-bond acceptors (Lipinski definition) is 2. The number of morpholine rings is 1. The van der Waals surface area contributed by atoms with E-state index in [4.69, 9.17) is 4.74 Å². The van der Waals surface area contributed by atoms with Gasteiger partial charge >= 0.3 is 0 Å². The second kappa shape index (κ2) is 4.89. The molecule has 0 aliphatic carbocycles. The Balaban J connectivity index is 2.00. The van der Waals surface area contributed by atoms with Crippen LogP contribution in [0.2, 0.25) is 0 Å². The predicted molar refractivity (Wildman–Crippen MR) is 57.3 cm³/mol. The van der Waals surface area contributed by atoms with Crippen LogP contribution in [0.1, 0.15) is 12.5 Å². The summed E-state index contributed by atoms with van der Waals surface area (Å²) in [7, 11) is 0. The van der Waals surface area contributed by atoms with E-state index < -0.39 is 11.6 Å². The van der Waals surface area contributed by atoms with E-state index in [9.17, 15) is 8.78 Å². The Morgan fingerprint density at radius 2 is 2.12 bits per heavy atom. The second-order valence-electron chi connectivity index (χ2n) is 4.18. The minimum atomic E-state index is -0.806. The fraction of sp³-hybridized carbons (Fsp3) is 0.500. The van der Waals surface area contributed by atoms with Crippen molar-refractivity contribution in [3.63, 3.8) is 0 Å². The zero-order valence-corrected chi connectivity index (χ0v) is 9.17. The van der Waals surface area contributed by atoms with Crippen molar-refractivity contribution in [1.29, 1.82) is 0 Å². The Kier molecular flexibility index (Phi) is 3.51. The van der Waals surface area contributed by atoms with Gasteiger partial charge in [0.25, 0.3) is 0 Å². The van der Waals surface area contributed by atoms with E-state index in [-0.39, 0.29) is 12.2 Å². The lowest BCUT2D eigenvalue weighted by atomic mass is 10.1. The van der Waals surface area contributed by atoms with Crippen LogP contribution in [0.25, 0.3) is 0 Å². The van der Waals surface area contributed by atoms with Gasteiger partial charge in [0.15, 0.2) is 11.6 Å². The molecule has 88 valence electrons. The summed E-state index contributed by atoms with van der Waals surface area (Å²) < 4.78 is 31.4. The summed E-state index contributed by atoms with van der Waals surface area (Å²) in [5.74, 6) is -1.60. The molecule has 1 saturated heterocycles. The van der Waals surface area contributed by atoms with Crippen molar-refractivity contribution in [3.05, 3.63) is 35.4 Å². The molecule has 1 N–H and O–H groups in total. The molecule has 4 heteroatoms. The largest absolute Gasteiger partial charge is 0.372 e. The average molecular weight is 227 g/mol. The summed E-state index contributed by atoms with van der Waals surface area (Å²) in [6.45, 7) is 3.59. The third-order valence-corrected chi connectivity index (χ3v) is 2.68. The van der Waals surface area contributed by atoms with E-state index in [0.29, 0.717) is 6.42 Å². The van der Waals surface area contributed by atoms with E-state index >= 15 is 0 Å². The van der Waals surface area contributed by atoms with Crippen molar-refractivity contribution in [3.8, 4) is 0 Å². The molecular formula is C12H15F2NO. The summed E-state index contributed by atoms with van der Waals surface area (Å²) in [5, 5.41) is 3.24. The molecule has 1 aliphatic rings. The van der Waals surface area contributed by atoms with Crippen LogP contribution in [0.4, 0.5) is 8.78 Å². The maximum Gasteiger partial charge on any atom is 0.159 e. The molecule has 1 aromatic rings. The number of benzene rings is 1. The molecular weight excluding hydrogens is 212 g/mol. The molecule has 1 aliphatic heterocycles. The fourth-order valence-corrected chi connectivity index (χ4v) is 1.92. The van der Waals surface area contributed by atoms with Crippen molar-refractivity contribution >= 4 is 0 Å². The summed E-state index contributed by atoms with van der Waals surface area (Å²) in [6.07, 6.45) is 0.812. The van der Waals surface area contributed by atoms with Crippen LogP contribution in [0.5, 0.6) is 0 Å². The van der Waals surface area contributed by atoms with Gasteiger partial charge in [0.1, 0.15) is 0 Å². The second-order valence-corrected chi connectivity index (χ2v) is 4.18. The highest BCUT2D eigenvalue weighted by molar-refractivity contribution is 5.18. The molecule has 1 heterocycles. The van der Waals surface area contributed by atoms with Gasteiger partial charge in [-0.2, -0.15) is 0 Å². The van der Waals surface area contributed by atoms with Crippen molar-refractivity contribution in [2.24, 2.45) is 0 Å². The van der Waals surface area contributed by atoms with Gasteiger partial charge in [-0.05, 0) is 31.0 Å². The van der Waals surface area contributed by atoms with Crippen molar-refractivity contribution < 1.29 is 13.5 Å². The van der Waals surface area contributed by atoms with Gasteiger partial charge in [-0.1, -0.05) is 6.07 Å². The van der Waals surface area contributed by atoms with Gasteiger partial charge in [0, 0.05) is 13.1 Å². The molecule has 2 nitrogen and oxygen atoms in total. The van der Waals surface area contributed by atoms with Crippen molar-refractivity contribution in [2.75, 3.05) is 13.1 Å². The van der Waals surface area contributed by atoms with Crippen molar-refractivity contribution in [2.45, 2.75) is 25.6 Å². The Morgan fingerprint density at radius 1 is 1.31 bits per heavy atom. The molecule has 1 aromatic carbocycles. The van der Waals surface area contributed by atoms with Gasteiger partial charge in [-0.25, -0.2) is 8.78 Å². The normalized spacial score (nSPS) is 25.7. The lowest BCUT2D eigenvalue weighted by molar-refractivity contribution is -0.0263. The predicted octanol–water partition coefficient (Wildman–Crippen LogP) is 1.88. The van der Waals surface area contributed by atoms with Crippen LogP contribution < -0.4 is 5.32 Å². The Morgan fingerprint density at radius 3 is 2.81 bits per heavy atom. The third-order valence-electron chi connectivity index (χ3n) is 2.68. The zero-order valence-electron chi connectivity index (χ0n) is 9.17. The van der Waals surface area contributed by atoms with Crippen molar-refractivity contribution in [1.82, 2.24) is 5.32 Å². The number of ether oxygens (including phenoxy) is 1. The molecule has 2 rings (SSSR count). The van der Waals surface area contributed by atoms with Gasteiger partial charge in [0.2, 0.25) is 0 Å². The first-order valence-corrected chi connectivity index (χ1v) is 5.45. The topological polar surface area (TPSA) is 21.3 Å². The Bertz CT molecular complexity index is 370. The van der Waals surface area contributed by atoms with E-state index in [0.717, 1.165) is 24.7 Å². The van der Waals surface area contributed by atoms with Crippen LogP contribution in [0, 0.1) is 11.6 Å². The molecule has 0 spiro atoms. The number of nitrogens with one attached hydrogen (secondary N) is 1. The molecule has 0 radical (unpaired) electrons. The molecule has 16 heavy (non-hydrogen) atoms. The highest BCUT2D eigenvalue weighted by Gasteiger charge is 2.19. The maximum atomic E-state index is 13.0. The maximum absolute atomic E-state index is 13.0. The zero-order chi connectivity index (χ0) is 11.5. The van der Waals surface area contributed by atoms with E-state index in [2.05, 4.69) is 5.32 Å². The SMILES string of the molecule is CC1CNCC(Cc2ccc(F)c(F)c2)O1. The van der Waals surface area contributed by atoms with Crippen LogP contribution >= 0.6 is 0 Å². The van der Waals surface area contributed by atoms with Crippen LogP contribution in [0.3, 0.4) is 0 Å². The van der Waals surface area contributed by atoms with Crippen LogP contribution in [0.15, 0.2) is 18.2 Å². The summed E-state index contributed by atoms with van der Waals surface area (Å²) in [5.41, 5.74) is 0.764. The van der Waals surface area contributed by atoms with E-state index in [1.54, 1.807) is 6.07 Å². The highest BCUT2D eigenvalue weighted by Crippen LogP contribution is 2.13. The van der Waals surface area contributed by atoms with Gasteiger partial charge in [-0.15, -0.1) is 0 Å². The Labute approximate surface area is 93.6 Å². The quantitative estimate of drug-likeness (QED) is 0.833. The molecule has 2 unspecified atom stereocenters. The minimum Gasteiger partial charge on any atom is -0.372 e. The summed E-state index contributed by atoms with van der Waals surface area (Å²) in [4.78, 5) is 0. The summed E-state index contributed by atoms with van der Waals surface area (Å²) >= 11 is 0. The monoisotopic (exact) mass is 227 g/mol. The average Bonchev–Trinajstić information content (AvgIpc) is 2.24. The first-order chi connectivity index (χ1) is 7.65. The molecule has 0 aromatic heterocycles. The summed E-state index contributed by atoms with van der Waals surface area (Å²) in [6, 6.07) is 3.99. The first kappa shape index (κ1) is 11.5. The van der Waals surface area contributed by atoms with Crippen LogP contribution in [-0.4, -0.2) is 25.3 Å². The molecule has 0 amide bonds. The smallest absolute Gasteiger partial charge is 0.159 e. The van der Waals surface area contributed by atoms with E-state index in [1.165, 1.54) is 6.07 Å². The Hall–Kier alpha value is -1.00. The number of rotatable bonds is 2. The number of hydrogen-bond donors (Lipinski definition) is 1. The molecule has 0 saturated carbocycles. The third kappa shape index (κ3) is 2.77. The molecule has 2 atom stereocenters. The first-order valence-electron chi connectivity index (χ1n) is 5.45. The molecule has 1 fully saturated rings. The highest BCUT2D eigenvalue weighted by atomic mass is 19.2. The van der Waals surface area contributed by atoms with E-state index in [1.807, 2.05) is 6.92 Å². The molecule has 0 bridgehead atoms. The minimum absolute atomic E-state index is 0.0358. The van der Waals surface area contributed by atoms with Gasteiger partial charge < -0.3 is 10.1 Å². The fourth-order valence-electron chi connectivity index (χ4n) is 1.92. The van der Waals surface area contributed by atoms with Gasteiger partial charge in [-0.3, -0.25) is 0 Å². The lowest BCUT2D eigenvalue weighted by Crippen LogP contribution is -2.44. The van der Waals surface area contributed by atoms with Crippen LogP contribution in [-0.2, 0) is 11.2 Å². The lowest BCUT2D eigenvalue weighted by Gasteiger charge is -2.28. The van der Waals surface area contributed by atoms with Gasteiger partial charge in [0.05, 0.1) is 12.2 Å². The standard InChI is InChI=1S/C12H15F2NO/c1-8-6-15-7-10(16-8)4-9-2-3-11(13)12(14)5-9/h2-3,5,8,10,15H,4,6-7H2,1H3.